The summed E-state index contributed by atoms with van der Waals surface area (Å²) in [6.07, 6.45) is -14.1. The highest BCUT2D eigenvalue weighted by atomic mass is 16.7. The van der Waals surface area contributed by atoms with Crippen LogP contribution >= 0.6 is 0 Å². The molecule has 0 saturated carbocycles. The van der Waals surface area contributed by atoms with Crippen molar-refractivity contribution in [2.24, 2.45) is 0 Å². The van der Waals surface area contributed by atoms with E-state index >= 15 is 0 Å². The molecule has 12 heteroatoms. The van der Waals surface area contributed by atoms with Gasteiger partial charge in [-0.05, 0) is 0 Å². The van der Waals surface area contributed by atoms with E-state index in [-0.39, 0.29) is 13.2 Å². The Balaban J connectivity index is 1.79. The van der Waals surface area contributed by atoms with Crippen LogP contribution in [-0.2, 0) is 18.9 Å². The van der Waals surface area contributed by atoms with E-state index in [1.807, 2.05) is 0 Å². The average molecular weight is 386 g/mol. The van der Waals surface area contributed by atoms with Crippen molar-refractivity contribution >= 4 is 0 Å². The lowest BCUT2D eigenvalue weighted by molar-refractivity contribution is -0.317. The minimum Gasteiger partial charge on any atom is -0.394 e. The van der Waals surface area contributed by atoms with Crippen LogP contribution in [-0.4, -0.2) is 129 Å². The van der Waals surface area contributed by atoms with Crippen molar-refractivity contribution in [3.8, 4) is 0 Å². The average Bonchev–Trinajstić information content (AvgIpc) is 2.64. The fourth-order valence-corrected chi connectivity index (χ4v) is 2.74. The van der Waals surface area contributed by atoms with Crippen molar-refractivity contribution in [1.82, 2.24) is 0 Å². The van der Waals surface area contributed by atoms with E-state index in [0.717, 1.165) is 0 Å². The topological polar surface area (TPSA) is 199 Å². The highest BCUT2D eigenvalue weighted by Gasteiger charge is 2.45. The van der Waals surface area contributed by atoms with Gasteiger partial charge in [-0.25, -0.2) is 0 Å². The van der Waals surface area contributed by atoms with Crippen LogP contribution in [0.1, 0.15) is 0 Å². The predicted octanol–water partition coefficient (Wildman–Crippen LogP) is -5.38. The smallest absolute Gasteiger partial charge is 0.186 e. The molecule has 0 radical (unpaired) electrons. The van der Waals surface area contributed by atoms with Crippen LogP contribution in [0.5, 0.6) is 0 Å². The summed E-state index contributed by atoms with van der Waals surface area (Å²) >= 11 is 0. The van der Waals surface area contributed by atoms with Gasteiger partial charge in [0.2, 0.25) is 0 Å². The van der Waals surface area contributed by atoms with E-state index in [9.17, 15) is 30.6 Å². The standard InChI is InChI=1S/C14H26O12/c15-3-5-7(17)9(19)11(21)13(25-5)23-1-2-24-14-12(22)10(20)8(18)6(4-16)26-14/h5-22H,1-4H2/t5-,6-,7-,8-,9+,10+,11-,12-,13-,14-/m1/s1. The third-order valence-electron chi connectivity index (χ3n) is 4.34. The molecule has 0 amide bonds. The lowest BCUT2D eigenvalue weighted by atomic mass is 9.99. The summed E-state index contributed by atoms with van der Waals surface area (Å²) in [5, 5.41) is 76.4. The van der Waals surface area contributed by atoms with Gasteiger partial charge in [-0.3, -0.25) is 0 Å². The van der Waals surface area contributed by atoms with E-state index in [2.05, 4.69) is 0 Å². The number of ether oxygens (including phenoxy) is 4. The van der Waals surface area contributed by atoms with Gasteiger partial charge in [0.05, 0.1) is 26.4 Å². The molecule has 8 N–H and O–H groups in total. The first-order valence-electron chi connectivity index (χ1n) is 8.16. The quantitative estimate of drug-likeness (QED) is 0.194. The van der Waals surface area contributed by atoms with Crippen molar-refractivity contribution in [3.63, 3.8) is 0 Å². The molecule has 2 saturated heterocycles. The summed E-state index contributed by atoms with van der Waals surface area (Å²) < 4.78 is 20.7. The summed E-state index contributed by atoms with van der Waals surface area (Å²) in [7, 11) is 0. The molecule has 0 unspecified atom stereocenters. The van der Waals surface area contributed by atoms with Gasteiger partial charge in [-0.2, -0.15) is 0 Å². The van der Waals surface area contributed by atoms with E-state index in [1.54, 1.807) is 0 Å². The number of rotatable bonds is 7. The molecule has 0 aromatic carbocycles. The predicted molar refractivity (Wildman–Crippen MR) is 79.4 cm³/mol. The molecule has 2 aliphatic heterocycles. The second-order valence-electron chi connectivity index (χ2n) is 6.14. The second-order valence-corrected chi connectivity index (χ2v) is 6.14. The zero-order chi connectivity index (χ0) is 19.4. The monoisotopic (exact) mass is 386 g/mol. The molecule has 10 atom stereocenters. The summed E-state index contributed by atoms with van der Waals surface area (Å²) in [6.45, 7) is -1.58. The minimum atomic E-state index is -1.57. The molecule has 0 bridgehead atoms. The molecule has 26 heavy (non-hydrogen) atoms. The molecule has 0 aliphatic carbocycles. The van der Waals surface area contributed by atoms with E-state index in [4.69, 9.17) is 29.2 Å². The van der Waals surface area contributed by atoms with Gasteiger partial charge in [0.1, 0.15) is 48.8 Å². The van der Waals surface area contributed by atoms with E-state index < -0.39 is 74.6 Å². The lowest BCUT2D eigenvalue weighted by Gasteiger charge is -2.40. The maximum absolute atomic E-state index is 9.81. The Morgan fingerprint density at radius 3 is 1.19 bits per heavy atom. The Morgan fingerprint density at radius 2 is 0.885 bits per heavy atom. The largest absolute Gasteiger partial charge is 0.394 e. The summed E-state index contributed by atoms with van der Waals surface area (Å²) in [6, 6.07) is 0. The summed E-state index contributed by atoms with van der Waals surface area (Å²) in [5.41, 5.74) is 0. The maximum Gasteiger partial charge on any atom is 0.186 e. The zero-order valence-corrected chi connectivity index (χ0v) is 13.8. The van der Waals surface area contributed by atoms with Gasteiger partial charge < -0.3 is 59.8 Å². The van der Waals surface area contributed by atoms with Crippen LogP contribution in [0.3, 0.4) is 0 Å². The molecule has 0 aromatic rings. The maximum atomic E-state index is 9.81. The van der Waals surface area contributed by atoms with Gasteiger partial charge in [0.15, 0.2) is 12.6 Å². The number of aliphatic hydroxyl groups excluding tert-OH is 8. The van der Waals surface area contributed by atoms with Crippen LogP contribution < -0.4 is 0 Å². The fraction of sp³-hybridized carbons (Fsp3) is 1.00. The highest BCUT2D eigenvalue weighted by Crippen LogP contribution is 2.23. The van der Waals surface area contributed by atoms with E-state index in [0.29, 0.717) is 0 Å². The number of hydrogen-bond acceptors (Lipinski definition) is 12. The van der Waals surface area contributed by atoms with Crippen LogP contribution in [0.2, 0.25) is 0 Å². The van der Waals surface area contributed by atoms with Gasteiger partial charge in [-0.1, -0.05) is 0 Å². The van der Waals surface area contributed by atoms with Crippen molar-refractivity contribution in [3.05, 3.63) is 0 Å². The Labute approximate surface area is 148 Å². The summed E-state index contributed by atoms with van der Waals surface area (Å²) in [4.78, 5) is 0. The Kier molecular flexibility index (Phi) is 8.08. The van der Waals surface area contributed by atoms with E-state index in [1.165, 1.54) is 0 Å². The van der Waals surface area contributed by atoms with Crippen molar-refractivity contribution in [2.75, 3.05) is 26.4 Å². The molecule has 0 spiro atoms. The van der Waals surface area contributed by atoms with Gasteiger partial charge in [0, 0.05) is 0 Å². The van der Waals surface area contributed by atoms with Crippen LogP contribution in [0.25, 0.3) is 0 Å². The lowest BCUT2D eigenvalue weighted by Crippen LogP contribution is -2.59. The van der Waals surface area contributed by atoms with Gasteiger partial charge >= 0.3 is 0 Å². The zero-order valence-electron chi connectivity index (χ0n) is 13.8. The van der Waals surface area contributed by atoms with Crippen LogP contribution in [0.4, 0.5) is 0 Å². The number of aliphatic hydroxyl groups is 8. The molecule has 2 rings (SSSR count). The van der Waals surface area contributed by atoms with Crippen molar-refractivity contribution in [2.45, 2.75) is 61.4 Å². The normalized spacial score (nSPS) is 47.1. The van der Waals surface area contributed by atoms with Crippen molar-refractivity contribution in [1.29, 1.82) is 0 Å². The fourth-order valence-electron chi connectivity index (χ4n) is 2.74. The molecule has 154 valence electrons. The highest BCUT2D eigenvalue weighted by molar-refractivity contribution is 4.89. The first-order chi connectivity index (χ1) is 12.3. The molecule has 0 aromatic heterocycles. The first kappa shape index (κ1) is 21.8. The third-order valence-corrected chi connectivity index (χ3v) is 4.34. The molecule has 12 nitrogen and oxygen atoms in total. The third kappa shape index (κ3) is 4.67. The van der Waals surface area contributed by atoms with Crippen molar-refractivity contribution < 1.29 is 59.8 Å². The van der Waals surface area contributed by atoms with Gasteiger partial charge in [0.25, 0.3) is 0 Å². The minimum absolute atomic E-state index is 0.197. The molecular weight excluding hydrogens is 360 g/mol. The number of hydrogen-bond donors (Lipinski definition) is 8. The molecule has 2 aliphatic rings. The molecule has 2 fully saturated rings. The molecule has 2 heterocycles. The Bertz CT molecular complexity index is 383. The second kappa shape index (κ2) is 9.64. The van der Waals surface area contributed by atoms with Crippen LogP contribution in [0, 0.1) is 0 Å². The SMILES string of the molecule is OC[C@H]1O[C@@H](OCCO[C@@H]2O[C@H](CO)[C@@H](O)[C@H](O)[C@H]2O)[C@H](O)[C@@H](O)[C@@H]1O. The Hall–Kier alpha value is -0.480. The first-order valence-corrected chi connectivity index (χ1v) is 8.16. The summed E-state index contributed by atoms with van der Waals surface area (Å²) in [5.74, 6) is 0. The van der Waals surface area contributed by atoms with Crippen LogP contribution in [0.15, 0.2) is 0 Å². The Morgan fingerprint density at radius 1 is 0.538 bits per heavy atom. The van der Waals surface area contributed by atoms with Gasteiger partial charge in [-0.15, -0.1) is 0 Å². The molecular formula is C14H26O12.